The van der Waals surface area contributed by atoms with Crippen molar-refractivity contribution < 1.29 is 43.6 Å². The molecule has 0 aromatic carbocycles. The van der Waals surface area contributed by atoms with Gasteiger partial charge in [0.1, 0.15) is 5.78 Å². The third kappa shape index (κ3) is 30.7. The summed E-state index contributed by atoms with van der Waals surface area (Å²) in [5.41, 5.74) is 8.14. The highest BCUT2D eigenvalue weighted by Gasteiger charge is 2.24. The molecule has 0 spiro atoms. The van der Waals surface area contributed by atoms with Gasteiger partial charge in [0.25, 0.3) is 0 Å². The lowest BCUT2D eigenvalue weighted by molar-refractivity contribution is -0.145. The molecule has 254 valence electrons. The second-order valence-electron chi connectivity index (χ2n) is 11.0. The molecule has 0 aliphatic rings. The second kappa shape index (κ2) is 31.7. The van der Waals surface area contributed by atoms with Gasteiger partial charge in [-0.15, -0.1) is 0 Å². The van der Waals surface area contributed by atoms with Crippen LogP contribution in [0.2, 0.25) is 0 Å². The van der Waals surface area contributed by atoms with E-state index in [-0.39, 0.29) is 44.7 Å². The molecule has 0 aromatic rings. The maximum absolute atomic E-state index is 12.3. The van der Waals surface area contributed by atoms with E-state index < -0.39 is 23.8 Å². The number of ketones is 1. The third-order valence-electron chi connectivity index (χ3n) is 7.06. The standard InChI is InChI=1S/C31H56N4O9/c32-35-34-18-20-43-22-24-44-23-21-42-19-17-33-29(37)26-27(31(40)41)25-28(36)15-13-11-9-7-5-3-1-2-4-6-8-10-12-14-16-30(38)39/h27H,1-26H2,(H,33,37)(H,38,39)(H,40,41)/t27-/m0/s1. The van der Waals surface area contributed by atoms with Gasteiger partial charge in [0.15, 0.2) is 0 Å². The Kier molecular flexibility index (Phi) is 29.7. The number of carbonyl (C=O) groups is 4. The summed E-state index contributed by atoms with van der Waals surface area (Å²) in [5.74, 6) is -3.41. The van der Waals surface area contributed by atoms with Gasteiger partial charge in [-0.25, -0.2) is 0 Å². The van der Waals surface area contributed by atoms with Gasteiger partial charge in [-0.2, -0.15) is 0 Å². The van der Waals surface area contributed by atoms with Gasteiger partial charge in [-0.05, 0) is 18.4 Å². The zero-order chi connectivity index (χ0) is 32.5. The Balaban J connectivity index is 3.65. The number of rotatable bonds is 34. The minimum atomic E-state index is -1.14. The number of unbranched alkanes of at least 4 members (excludes halogenated alkanes) is 13. The van der Waals surface area contributed by atoms with Crippen LogP contribution in [0.3, 0.4) is 0 Å². The molecule has 44 heavy (non-hydrogen) atoms. The molecule has 0 unspecified atom stereocenters. The normalized spacial score (nSPS) is 11.5. The van der Waals surface area contributed by atoms with Gasteiger partial charge < -0.3 is 29.7 Å². The van der Waals surface area contributed by atoms with Crippen molar-refractivity contribution in [3.63, 3.8) is 0 Å². The Morgan fingerprint density at radius 2 is 1.09 bits per heavy atom. The smallest absolute Gasteiger partial charge is 0.307 e. The molecule has 1 atom stereocenters. The van der Waals surface area contributed by atoms with Gasteiger partial charge in [-0.1, -0.05) is 82.2 Å². The van der Waals surface area contributed by atoms with Crippen LogP contribution in [0.5, 0.6) is 0 Å². The summed E-state index contributed by atoms with van der Waals surface area (Å²) in [6.45, 7) is 2.57. The van der Waals surface area contributed by atoms with E-state index in [2.05, 4.69) is 15.3 Å². The molecule has 0 bridgehead atoms. The van der Waals surface area contributed by atoms with Crippen LogP contribution in [0.15, 0.2) is 5.11 Å². The first kappa shape index (κ1) is 41.3. The van der Waals surface area contributed by atoms with Crippen LogP contribution in [-0.4, -0.2) is 86.6 Å². The summed E-state index contributed by atoms with van der Waals surface area (Å²) in [7, 11) is 0. The quantitative estimate of drug-likeness (QED) is 0.0339. The molecule has 0 saturated carbocycles. The number of aliphatic carboxylic acids is 2. The Bertz CT molecular complexity index is 807. The van der Waals surface area contributed by atoms with Crippen LogP contribution in [0.4, 0.5) is 0 Å². The number of hydrogen-bond acceptors (Lipinski definition) is 8. The maximum Gasteiger partial charge on any atom is 0.307 e. The van der Waals surface area contributed by atoms with Gasteiger partial charge in [0.2, 0.25) is 5.91 Å². The number of nitrogens with zero attached hydrogens (tertiary/aromatic N) is 3. The molecule has 13 heteroatoms. The van der Waals surface area contributed by atoms with Crippen molar-refractivity contribution in [2.24, 2.45) is 11.0 Å². The number of azide groups is 1. The first-order valence-corrected chi connectivity index (χ1v) is 16.3. The Morgan fingerprint density at radius 3 is 1.57 bits per heavy atom. The van der Waals surface area contributed by atoms with Crippen LogP contribution in [0.25, 0.3) is 10.4 Å². The first-order valence-electron chi connectivity index (χ1n) is 16.3. The fourth-order valence-corrected chi connectivity index (χ4v) is 4.59. The number of carboxylic acids is 2. The van der Waals surface area contributed by atoms with Gasteiger partial charge in [0.05, 0.1) is 45.6 Å². The fourth-order valence-electron chi connectivity index (χ4n) is 4.59. The van der Waals surface area contributed by atoms with Crippen molar-refractivity contribution in [3.8, 4) is 0 Å². The molecule has 0 aliphatic carbocycles. The van der Waals surface area contributed by atoms with Crippen molar-refractivity contribution in [3.05, 3.63) is 10.4 Å². The van der Waals surface area contributed by atoms with Gasteiger partial charge >= 0.3 is 11.9 Å². The molecule has 1 amide bonds. The summed E-state index contributed by atoms with van der Waals surface area (Å²) in [4.78, 5) is 49.1. The molecule has 0 heterocycles. The number of carbonyl (C=O) groups excluding carboxylic acids is 2. The topological polar surface area (TPSA) is 197 Å². The van der Waals surface area contributed by atoms with E-state index in [0.717, 1.165) is 44.9 Å². The van der Waals surface area contributed by atoms with E-state index >= 15 is 0 Å². The number of Topliss-reactive ketones (excluding diaryl/α,β-unsaturated/α-hetero) is 1. The summed E-state index contributed by atoms with van der Waals surface area (Å²) in [5, 5.41) is 24.1. The Hall–Kier alpha value is -2.73. The number of ether oxygens (including phenoxy) is 3. The van der Waals surface area contributed by atoms with Gasteiger partial charge in [0, 0.05) is 43.7 Å². The number of nitrogens with one attached hydrogen (secondary N) is 1. The van der Waals surface area contributed by atoms with Crippen molar-refractivity contribution in [2.75, 3.05) is 52.7 Å². The zero-order valence-electron chi connectivity index (χ0n) is 26.6. The molecule has 0 radical (unpaired) electrons. The van der Waals surface area contributed by atoms with E-state index in [1.807, 2.05) is 0 Å². The lowest BCUT2D eigenvalue weighted by Crippen LogP contribution is -2.31. The average molecular weight is 629 g/mol. The Labute approximate surface area is 262 Å². The lowest BCUT2D eigenvalue weighted by atomic mass is 9.95. The van der Waals surface area contributed by atoms with Crippen molar-refractivity contribution in [1.29, 1.82) is 0 Å². The van der Waals surface area contributed by atoms with E-state index in [0.29, 0.717) is 39.5 Å². The Morgan fingerprint density at radius 1 is 0.636 bits per heavy atom. The van der Waals surface area contributed by atoms with Crippen molar-refractivity contribution in [1.82, 2.24) is 5.32 Å². The van der Waals surface area contributed by atoms with Gasteiger partial charge in [-0.3, -0.25) is 19.2 Å². The predicted molar refractivity (Wildman–Crippen MR) is 166 cm³/mol. The molecule has 0 rings (SSSR count). The van der Waals surface area contributed by atoms with Crippen LogP contribution in [-0.2, 0) is 33.4 Å². The molecular formula is C31H56N4O9. The van der Waals surface area contributed by atoms with Crippen LogP contribution in [0.1, 0.15) is 116 Å². The van der Waals surface area contributed by atoms with Crippen LogP contribution >= 0.6 is 0 Å². The fraction of sp³-hybridized carbons (Fsp3) is 0.871. The van der Waals surface area contributed by atoms with E-state index in [4.69, 9.17) is 24.8 Å². The first-order chi connectivity index (χ1) is 21.4. The summed E-state index contributed by atoms with van der Waals surface area (Å²) < 4.78 is 15.9. The van der Waals surface area contributed by atoms with Crippen LogP contribution < -0.4 is 5.32 Å². The molecule has 3 N–H and O–H groups in total. The molecule has 0 aliphatic heterocycles. The summed E-state index contributed by atoms with van der Waals surface area (Å²) in [6.07, 6.45) is 15.6. The molecule has 0 saturated heterocycles. The average Bonchev–Trinajstić information content (AvgIpc) is 2.98. The third-order valence-corrected chi connectivity index (χ3v) is 7.06. The molecule has 13 nitrogen and oxygen atoms in total. The molecule has 0 fully saturated rings. The minimum Gasteiger partial charge on any atom is -0.481 e. The van der Waals surface area contributed by atoms with E-state index in [1.165, 1.54) is 44.9 Å². The highest BCUT2D eigenvalue weighted by atomic mass is 16.5. The zero-order valence-corrected chi connectivity index (χ0v) is 26.6. The number of hydrogen-bond donors (Lipinski definition) is 3. The van der Waals surface area contributed by atoms with Crippen molar-refractivity contribution >= 4 is 23.6 Å². The summed E-state index contributed by atoms with van der Waals surface area (Å²) >= 11 is 0. The largest absolute Gasteiger partial charge is 0.481 e. The highest BCUT2D eigenvalue weighted by molar-refractivity contribution is 5.87. The van der Waals surface area contributed by atoms with E-state index in [1.54, 1.807) is 0 Å². The lowest BCUT2D eigenvalue weighted by Gasteiger charge is -2.12. The monoisotopic (exact) mass is 628 g/mol. The van der Waals surface area contributed by atoms with E-state index in [9.17, 15) is 24.3 Å². The molecule has 0 aromatic heterocycles. The second-order valence-corrected chi connectivity index (χ2v) is 11.0. The SMILES string of the molecule is [N-]=[N+]=NCCOCCOCCOCCNC(=O)C[C@H](CC(=O)CCCCCCCCCCCCCCCCC(=O)O)C(=O)O. The van der Waals surface area contributed by atoms with Crippen molar-refractivity contribution in [2.45, 2.75) is 116 Å². The van der Waals surface area contributed by atoms with Crippen LogP contribution in [0, 0.1) is 5.92 Å². The molecular weight excluding hydrogens is 572 g/mol. The number of amides is 1. The summed E-state index contributed by atoms with van der Waals surface area (Å²) in [6, 6.07) is 0. The highest BCUT2D eigenvalue weighted by Crippen LogP contribution is 2.16. The maximum atomic E-state index is 12.3. The number of carboxylic acid groups (broad SMARTS) is 2. The minimum absolute atomic E-state index is 0.114. The predicted octanol–water partition coefficient (Wildman–Crippen LogP) is 5.84.